The minimum Gasteiger partial charge on any atom is -0.356 e. The molecule has 0 bridgehead atoms. The van der Waals surface area contributed by atoms with Crippen LogP contribution >= 0.6 is 0 Å². The van der Waals surface area contributed by atoms with Crippen LogP contribution in [0.2, 0.25) is 0 Å². The van der Waals surface area contributed by atoms with E-state index < -0.39 is 11.5 Å². The zero-order valence-electron chi connectivity index (χ0n) is 17.7. The Kier molecular flexibility index (Phi) is 6.66. The third-order valence-electron chi connectivity index (χ3n) is 5.89. The lowest BCUT2D eigenvalue weighted by Gasteiger charge is -2.47. The highest BCUT2D eigenvalue weighted by molar-refractivity contribution is 6.10. The van der Waals surface area contributed by atoms with Crippen LogP contribution in [0.5, 0.6) is 0 Å². The van der Waals surface area contributed by atoms with E-state index >= 15 is 0 Å². The van der Waals surface area contributed by atoms with Crippen LogP contribution in [-0.2, 0) is 14.4 Å². The summed E-state index contributed by atoms with van der Waals surface area (Å²) in [4.78, 5) is 39.4. The zero-order chi connectivity index (χ0) is 21.1. The average Bonchev–Trinajstić information content (AvgIpc) is 2.61. The van der Waals surface area contributed by atoms with Gasteiger partial charge in [0.2, 0.25) is 11.8 Å². The van der Waals surface area contributed by atoms with Crippen LogP contribution in [0.4, 0.5) is 0 Å². The number of ketones is 1. The highest BCUT2D eigenvalue weighted by Crippen LogP contribution is 2.39. The van der Waals surface area contributed by atoms with E-state index in [0.29, 0.717) is 25.8 Å². The molecule has 1 aliphatic heterocycles. The molecule has 2 atom stereocenters. The number of amides is 2. The molecular formula is C23H30N2O3. The molecule has 0 saturated carbocycles. The molecule has 1 fully saturated rings. The van der Waals surface area contributed by atoms with Gasteiger partial charge in [0.25, 0.3) is 0 Å². The first kappa shape index (κ1) is 21.7. The van der Waals surface area contributed by atoms with Crippen LogP contribution in [0, 0.1) is 25.7 Å². The van der Waals surface area contributed by atoms with Crippen molar-refractivity contribution in [1.82, 2.24) is 10.2 Å². The van der Waals surface area contributed by atoms with Crippen LogP contribution in [0.25, 0.3) is 0 Å². The summed E-state index contributed by atoms with van der Waals surface area (Å²) < 4.78 is 0. The first-order valence-electron chi connectivity index (χ1n) is 9.75. The number of aryl methyl sites for hydroxylation is 2. The van der Waals surface area contributed by atoms with Crippen molar-refractivity contribution in [3.8, 4) is 11.8 Å². The molecule has 0 aliphatic carbocycles. The average molecular weight is 383 g/mol. The second kappa shape index (κ2) is 8.60. The van der Waals surface area contributed by atoms with Crippen LogP contribution in [0.1, 0.15) is 68.2 Å². The predicted molar refractivity (Wildman–Crippen MR) is 110 cm³/mol. The molecule has 150 valence electrons. The summed E-state index contributed by atoms with van der Waals surface area (Å²) in [6.45, 7) is 9.55. The summed E-state index contributed by atoms with van der Waals surface area (Å²) in [5, 5.41) is 2.78. The van der Waals surface area contributed by atoms with Gasteiger partial charge in [0.05, 0.1) is 5.54 Å². The third kappa shape index (κ3) is 4.11. The minimum absolute atomic E-state index is 0.0479. The number of hydrogen-bond donors (Lipinski definition) is 1. The molecule has 2 amide bonds. The van der Waals surface area contributed by atoms with E-state index in [1.807, 2.05) is 32.9 Å². The van der Waals surface area contributed by atoms with Gasteiger partial charge in [-0.2, -0.15) is 0 Å². The van der Waals surface area contributed by atoms with Gasteiger partial charge >= 0.3 is 0 Å². The summed E-state index contributed by atoms with van der Waals surface area (Å²) in [7, 11) is 1.78. The zero-order valence-corrected chi connectivity index (χ0v) is 17.7. The van der Waals surface area contributed by atoms with Crippen molar-refractivity contribution in [1.29, 1.82) is 0 Å². The Morgan fingerprint density at radius 3 is 2.39 bits per heavy atom. The first-order chi connectivity index (χ1) is 13.2. The summed E-state index contributed by atoms with van der Waals surface area (Å²) in [6.07, 6.45) is 1.52. The Balaban J connectivity index is 2.39. The number of Topliss-reactive ketones (excluding diaryl/α,β-unsaturated/α-hetero) is 1. The van der Waals surface area contributed by atoms with E-state index in [1.165, 1.54) is 6.92 Å². The maximum Gasteiger partial charge on any atom is 0.237 e. The maximum absolute atomic E-state index is 13.3. The third-order valence-corrected chi connectivity index (χ3v) is 5.89. The normalized spacial score (nSPS) is 21.9. The number of benzene rings is 1. The quantitative estimate of drug-likeness (QED) is 0.629. The van der Waals surface area contributed by atoms with Gasteiger partial charge in [0.15, 0.2) is 5.78 Å². The van der Waals surface area contributed by atoms with Gasteiger partial charge in [-0.25, -0.2) is 0 Å². The van der Waals surface area contributed by atoms with Gasteiger partial charge in [0.1, 0.15) is 5.92 Å². The van der Waals surface area contributed by atoms with E-state index in [-0.39, 0.29) is 17.6 Å². The summed E-state index contributed by atoms with van der Waals surface area (Å²) in [5.41, 5.74) is 2.97. The smallest absolute Gasteiger partial charge is 0.237 e. The molecule has 2 rings (SSSR count). The number of hydrogen-bond acceptors (Lipinski definition) is 3. The highest BCUT2D eigenvalue weighted by atomic mass is 16.2. The topological polar surface area (TPSA) is 66.5 Å². The van der Waals surface area contributed by atoms with E-state index in [2.05, 4.69) is 17.2 Å². The van der Waals surface area contributed by atoms with Crippen molar-refractivity contribution in [2.75, 3.05) is 13.6 Å². The van der Waals surface area contributed by atoms with Gasteiger partial charge in [-0.15, -0.1) is 5.92 Å². The molecule has 0 spiro atoms. The fraction of sp³-hybridized carbons (Fsp3) is 0.522. The standard InChI is InChI=1S/C23H30N2O3/c1-7-9-18-12-15(3)20(16(4)13-18)21-19(27)14-23(8-2,25(6)22(21)28)10-11-24-17(5)26/h12-13,21H,8,10-11,14H2,1-6H3,(H,24,26). The Morgan fingerprint density at radius 1 is 1.29 bits per heavy atom. The molecule has 5 nitrogen and oxygen atoms in total. The molecule has 5 heteroatoms. The Morgan fingerprint density at radius 2 is 1.89 bits per heavy atom. The van der Waals surface area contributed by atoms with Gasteiger partial charge < -0.3 is 10.2 Å². The Bertz CT molecular complexity index is 839. The van der Waals surface area contributed by atoms with Crippen molar-refractivity contribution in [2.45, 2.75) is 65.3 Å². The van der Waals surface area contributed by atoms with Crippen LogP contribution < -0.4 is 5.32 Å². The first-order valence-corrected chi connectivity index (χ1v) is 9.75. The molecular weight excluding hydrogens is 352 g/mol. The number of nitrogens with zero attached hydrogens (tertiary/aromatic N) is 1. The highest BCUT2D eigenvalue weighted by Gasteiger charge is 2.48. The molecule has 2 unspecified atom stereocenters. The number of carbonyl (C=O) groups excluding carboxylic acids is 3. The molecule has 1 aromatic carbocycles. The maximum atomic E-state index is 13.3. The Labute approximate surface area is 167 Å². The second-order valence-electron chi connectivity index (χ2n) is 7.68. The number of carbonyl (C=O) groups is 3. The van der Waals surface area contributed by atoms with Crippen molar-refractivity contribution in [3.05, 3.63) is 34.4 Å². The SMILES string of the molecule is CC#Cc1cc(C)c(C2C(=O)CC(CC)(CCNC(C)=O)N(C)C2=O)c(C)c1. The molecule has 0 aromatic heterocycles. The number of likely N-dealkylation sites (N-methyl/N-ethyl adjacent to an activating group) is 1. The lowest BCUT2D eigenvalue weighted by molar-refractivity contribution is -0.149. The van der Waals surface area contributed by atoms with Crippen molar-refractivity contribution in [2.24, 2.45) is 0 Å². The largest absolute Gasteiger partial charge is 0.356 e. The number of likely N-dealkylation sites (tertiary alicyclic amines) is 1. The van der Waals surface area contributed by atoms with Crippen molar-refractivity contribution < 1.29 is 14.4 Å². The van der Waals surface area contributed by atoms with Gasteiger partial charge in [0, 0.05) is 32.5 Å². The molecule has 1 heterocycles. The van der Waals surface area contributed by atoms with Crippen molar-refractivity contribution >= 4 is 17.6 Å². The molecule has 1 aliphatic rings. The molecule has 0 radical (unpaired) electrons. The predicted octanol–water partition coefficient (Wildman–Crippen LogP) is 2.86. The van der Waals surface area contributed by atoms with Crippen LogP contribution in [0.3, 0.4) is 0 Å². The van der Waals surface area contributed by atoms with E-state index in [9.17, 15) is 14.4 Å². The lowest BCUT2D eigenvalue weighted by Crippen LogP contribution is -2.58. The van der Waals surface area contributed by atoms with E-state index in [4.69, 9.17) is 0 Å². The summed E-state index contributed by atoms with van der Waals surface area (Å²) in [6, 6.07) is 3.88. The monoisotopic (exact) mass is 382 g/mol. The number of nitrogens with one attached hydrogen (secondary N) is 1. The minimum atomic E-state index is -0.769. The number of piperidine rings is 1. The van der Waals surface area contributed by atoms with Gasteiger partial charge in [-0.05, 0) is 62.4 Å². The second-order valence-corrected chi connectivity index (χ2v) is 7.68. The van der Waals surface area contributed by atoms with Crippen LogP contribution in [-0.4, -0.2) is 41.6 Å². The molecule has 28 heavy (non-hydrogen) atoms. The molecule has 1 saturated heterocycles. The van der Waals surface area contributed by atoms with Crippen LogP contribution in [0.15, 0.2) is 12.1 Å². The van der Waals surface area contributed by atoms with Gasteiger partial charge in [-0.1, -0.05) is 12.8 Å². The summed E-state index contributed by atoms with van der Waals surface area (Å²) in [5.74, 6) is 4.83. The van der Waals surface area contributed by atoms with E-state index in [0.717, 1.165) is 22.3 Å². The van der Waals surface area contributed by atoms with E-state index in [1.54, 1.807) is 18.9 Å². The van der Waals surface area contributed by atoms with Crippen molar-refractivity contribution in [3.63, 3.8) is 0 Å². The molecule has 1 aromatic rings. The molecule has 1 N–H and O–H groups in total. The van der Waals surface area contributed by atoms with Gasteiger partial charge in [-0.3, -0.25) is 14.4 Å². The summed E-state index contributed by atoms with van der Waals surface area (Å²) >= 11 is 0. The fourth-order valence-electron chi connectivity index (χ4n) is 4.31. The number of rotatable bonds is 5. The Hall–Kier alpha value is -2.61. The lowest BCUT2D eigenvalue weighted by atomic mass is 9.73. The fourth-order valence-corrected chi connectivity index (χ4v) is 4.31.